The number of carbonyl (C=O) groups excluding carboxylic acids is 1. The molecule has 1 spiro atoms. The topological polar surface area (TPSA) is 95.9 Å². The van der Waals surface area contributed by atoms with Gasteiger partial charge in [-0.05, 0) is 97.4 Å². The standard InChI is InChI=1S/C36H39ClN2O5S/c37-29-13-15-31-25(18-29)9-5-17-36(31)22-39-20-27-11-14-30(27)33(40)10-4-8-28(24-6-2-1-3-7-24)21-45(42,43)38-35(41)26-12-16-34(44-23-36)32(39)19-26/h1-4,6-7,10,12-13,15-16,18-19,27-28,30,33,40H,5,8-9,11,14,17,20-23H2,(H,38,41)/b10-4-/t27-,28+,30+,33-,36-/m0/s1. The van der Waals surface area contributed by atoms with Crippen LogP contribution in [0.2, 0.25) is 5.02 Å². The molecule has 1 fully saturated rings. The fraction of sp³-hybridized carbons (Fsp3) is 0.417. The number of anilines is 1. The molecule has 0 unspecified atom stereocenters. The number of carbonyl (C=O) groups is 1. The number of rotatable bonds is 1. The number of amides is 1. The van der Waals surface area contributed by atoms with E-state index in [2.05, 4.69) is 21.8 Å². The van der Waals surface area contributed by atoms with Gasteiger partial charge in [0.05, 0.1) is 24.2 Å². The van der Waals surface area contributed by atoms with Crippen LogP contribution < -0.4 is 14.4 Å². The van der Waals surface area contributed by atoms with Crippen LogP contribution in [-0.2, 0) is 21.9 Å². The smallest absolute Gasteiger partial charge is 0.264 e. The molecular weight excluding hydrogens is 608 g/mol. The zero-order valence-corrected chi connectivity index (χ0v) is 26.8. The van der Waals surface area contributed by atoms with Crippen LogP contribution >= 0.6 is 11.6 Å². The summed E-state index contributed by atoms with van der Waals surface area (Å²) in [5, 5.41) is 12.0. The number of benzene rings is 3. The number of nitrogens with one attached hydrogen (secondary N) is 1. The second-order valence-corrected chi connectivity index (χ2v) is 15.5. The Hall–Kier alpha value is -3.33. The van der Waals surface area contributed by atoms with Gasteiger partial charge in [0, 0.05) is 35.0 Å². The molecule has 1 saturated carbocycles. The Morgan fingerprint density at radius 3 is 2.69 bits per heavy atom. The number of nitrogens with zero attached hydrogens (tertiary/aromatic N) is 1. The molecule has 0 aromatic heterocycles. The van der Waals surface area contributed by atoms with Gasteiger partial charge in [-0.25, -0.2) is 13.1 Å². The molecule has 236 valence electrons. The molecular formula is C36H39ClN2O5S. The summed E-state index contributed by atoms with van der Waals surface area (Å²) in [4.78, 5) is 15.8. The van der Waals surface area contributed by atoms with Crippen molar-refractivity contribution >= 4 is 33.2 Å². The zero-order valence-electron chi connectivity index (χ0n) is 25.2. The number of aliphatic hydroxyl groups excluding tert-OH is 1. The molecule has 5 atom stereocenters. The van der Waals surface area contributed by atoms with Crippen molar-refractivity contribution in [3.63, 3.8) is 0 Å². The number of allylic oxidation sites excluding steroid dienone is 1. The molecule has 7 nitrogen and oxygen atoms in total. The summed E-state index contributed by atoms with van der Waals surface area (Å²) in [7, 11) is -3.98. The highest BCUT2D eigenvalue weighted by Gasteiger charge is 2.44. The summed E-state index contributed by atoms with van der Waals surface area (Å²) in [6, 6.07) is 20.8. The van der Waals surface area contributed by atoms with Crippen LogP contribution in [0.1, 0.15) is 65.1 Å². The van der Waals surface area contributed by atoms with Crippen LogP contribution in [0.4, 0.5) is 5.69 Å². The van der Waals surface area contributed by atoms with Crippen molar-refractivity contribution in [3.8, 4) is 5.75 Å². The molecule has 2 N–H and O–H groups in total. The van der Waals surface area contributed by atoms with Crippen LogP contribution in [0.15, 0.2) is 78.9 Å². The van der Waals surface area contributed by atoms with E-state index in [0.717, 1.165) is 48.4 Å². The van der Waals surface area contributed by atoms with Gasteiger partial charge < -0.3 is 14.7 Å². The molecule has 0 radical (unpaired) electrons. The van der Waals surface area contributed by atoms with Gasteiger partial charge in [0.2, 0.25) is 10.0 Å². The molecule has 7 rings (SSSR count). The SMILES string of the molecule is O=C1NS(=O)(=O)C[C@H](c2ccccc2)C/C=C\[C@H](O)[C@@H]2CC[C@H]2CN2C[C@@]3(CCCc4cc(Cl)ccc43)COc3ccc1cc32. The van der Waals surface area contributed by atoms with E-state index in [9.17, 15) is 18.3 Å². The average Bonchev–Trinajstić information content (AvgIpc) is 3.15. The number of hydrogen-bond donors (Lipinski definition) is 2. The minimum absolute atomic E-state index is 0.0977. The third kappa shape index (κ3) is 6.12. The van der Waals surface area contributed by atoms with Crippen molar-refractivity contribution in [2.24, 2.45) is 11.8 Å². The van der Waals surface area contributed by atoms with Crippen molar-refractivity contribution in [3.05, 3.63) is 106 Å². The molecule has 2 aliphatic heterocycles. The summed E-state index contributed by atoms with van der Waals surface area (Å²) in [5.74, 6) is -0.237. The van der Waals surface area contributed by atoms with E-state index >= 15 is 0 Å². The predicted molar refractivity (Wildman–Crippen MR) is 177 cm³/mol. The van der Waals surface area contributed by atoms with Gasteiger partial charge in [0.1, 0.15) is 5.75 Å². The Morgan fingerprint density at radius 2 is 1.89 bits per heavy atom. The van der Waals surface area contributed by atoms with Crippen LogP contribution in [0.5, 0.6) is 5.75 Å². The Morgan fingerprint density at radius 1 is 1.04 bits per heavy atom. The molecule has 2 heterocycles. The molecule has 45 heavy (non-hydrogen) atoms. The van der Waals surface area contributed by atoms with Crippen molar-refractivity contribution in [2.45, 2.75) is 56.0 Å². The van der Waals surface area contributed by atoms with E-state index in [1.165, 1.54) is 11.1 Å². The number of hydrogen-bond acceptors (Lipinski definition) is 6. The third-order valence-electron chi connectivity index (χ3n) is 10.4. The summed E-state index contributed by atoms with van der Waals surface area (Å²) in [6.45, 7) is 1.88. The van der Waals surface area contributed by atoms with Crippen molar-refractivity contribution in [1.82, 2.24) is 4.72 Å². The first kappa shape index (κ1) is 30.3. The van der Waals surface area contributed by atoms with Gasteiger partial charge in [-0.1, -0.05) is 60.2 Å². The van der Waals surface area contributed by atoms with E-state index < -0.39 is 22.0 Å². The summed E-state index contributed by atoms with van der Waals surface area (Å²) in [5.41, 5.74) is 4.15. The minimum atomic E-state index is -3.98. The monoisotopic (exact) mass is 646 g/mol. The average molecular weight is 647 g/mol. The van der Waals surface area contributed by atoms with Gasteiger partial charge in [-0.2, -0.15) is 0 Å². The Bertz CT molecular complexity index is 1730. The van der Waals surface area contributed by atoms with E-state index in [4.69, 9.17) is 16.3 Å². The second-order valence-electron chi connectivity index (χ2n) is 13.3. The summed E-state index contributed by atoms with van der Waals surface area (Å²) < 4.78 is 35.6. The van der Waals surface area contributed by atoms with E-state index in [-0.39, 0.29) is 34.5 Å². The molecule has 3 aromatic rings. The minimum Gasteiger partial charge on any atom is -0.490 e. The molecule has 4 aliphatic rings. The maximum atomic E-state index is 13.5. The number of sulfonamides is 1. The molecule has 2 aliphatic carbocycles. The van der Waals surface area contributed by atoms with Crippen molar-refractivity contribution < 1.29 is 23.1 Å². The first-order valence-corrected chi connectivity index (χ1v) is 18.0. The lowest BCUT2D eigenvalue weighted by atomic mass is 9.68. The lowest BCUT2D eigenvalue weighted by molar-refractivity contribution is 0.0456. The predicted octanol–water partition coefficient (Wildman–Crippen LogP) is 6.00. The molecule has 1 amide bonds. The molecule has 0 saturated heterocycles. The Balaban J connectivity index is 1.27. The van der Waals surface area contributed by atoms with Gasteiger partial charge in [0.15, 0.2) is 0 Å². The van der Waals surface area contributed by atoms with Gasteiger partial charge >= 0.3 is 0 Å². The molecule has 9 heteroatoms. The number of aliphatic hydroxyl groups is 1. The van der Waals surface area contributed by atoms with E-state index in [1.54, 1.807) is 18.2 Å². The first-order chi connectivity index (χ1) is 21.7. The lowest BCUT2D eigenvalue weighted by Crippen LogP contribution is -2.49. The first-order valence-electron chi connectivity index (χ1n) is 15.9. The van der Waals surface area contributed by atoms with Crippen LogP contribution in [0.3, 0.4) is 0 Å². The van der Waals surface area contributed by atoms with Crippen LogP contribution in [0.25, 0.3) is 0 Å². The fourth-order valence-corrected chi connectivity index (χ4v) is 9.40. The van der Waals surface area contributed by atoms with Crippen LogP contribution in [0, 0.1) is 11.8 Å². The number of aryl methyl sites for hydroxylation is 1. The number of fused-ring (bicyclic) bond motifs is 4. The Labute approximate surface area is 270 Å². The summed E-state index contributed by atoms with van der Waals surface area (Å²) >= 11 is 6.40. The summed E-state index contributed by atoms with van der Waals surface area (Å²) in [6.07, 6.45) is 8.44. The molecule has 3 aromatic carbocycles. The van der Waals surface area contributed by atoms with E-state index in [1.807, 2.05) is 48.6 Å². The zero-order chi connectivity index (χ0) is 31.2. The highest BCUT2D eigenvalue weighted by Crippen LogP contribution is 2.46. The van der Waals surface area contributed by atoms with Crippen molar-refractivity contribution in [2.75, 3.05) is 30.3 Å². The molecule has 2 bridgehead atoms. The highest BCUT2D eigenvalue weighted by molar-refractivity contribution is 7.90. The van der Waals surface area contributed by atoms with Gasteiger partial charge in [0.25, 0.3) is 5.91 Å². The van der Waals surface area contributed by atoms with Crippen molar-refractivity contribution in [1.29, 1.82) is 0 Å². The normalized spacial score (nSPS) is 30.1. The highest BCUT2D eigenvalue weighted by atomic mass is 35.5. The van der Waals surface area contributed by atoms with Crippen LogP contribution in [-0.4, -0.2) is 51.0 Å². The van der Waals surface area contributed by atoms with E-state index in [0.29, 0.717) is 31.9 Å². The largest absolute Gasteiger partial charge is 0.490 e. The number of halogens is 1. The van der Waals surface area contributed by atoms with Gasteiger partial charge in [-0.15, -0.1) is 0 Å². The second kappa shape index (κ2) is 12.1. The third-order valence-corrected chi connectivity index (χ3v) is 11.9. The van der Waals surface area contributed by atoms with Gasteiger partial charge in [-0.3, -0.25) is 4.79 Å². The fourth-order valence-electron chi connectivity index (χ4n) is 7.87. The number of ether oxygens (including phenoxy) is 1. The lowest BCUT2D eigenvalue weighted by Gasteiger charge is -2.45. The maximum Gasteiger partial charge on any atom is 0.264 e. The Kier molecular flexibility index (Phi) is 8.17. The quantitative estimate of drug-likeness (QED) is 0.315. The maximum absolute atomic E-state index is 13.5.